The van der Waals surface area contributed by atoms with Crippen molar-refractivity contribution in [1.29, 1.82) is 0 Å². The van der Waals surface area contributed by atoms with Crippen molar-refractivity contribution in [2.24, 2.45) is 51.2 Å². The molecule has 0 heterocycles. The van der Waals surface area contributed by atoms with Gasteiger partial charge in [0.15, 0.2) is 5.78 Å². The first-order valence-electron chi connectivity index (χ1n) is 14.3. The third-order valence-electron chi connectivity index (χ3n) is 13.0. The fraction of sp³-hybridized carbons (Fsp3) is 0.871. The number of fused-ring (bicyclic) bond motifs is 7. The van der Waals surface area contributed by atoms with Gasteiger partial charge in [0.1, 0.15) is 0 Å². The minimum atomic E-state index is -0.0641. The zero-order valence-corrected chi connectivity index (χ0v) is 23.6. The number of hydrogen-bond donors (Lipinski definition) is 0. The predicted molar refractivity (Wildman–Crippen MR) is 140 cm³/mol. The van der Waals surface area contributed by atoms with Gasteiger partial charge in [-0.15, -0.1) is 0 Å². The molecule has 0 bridgehead atoms. The van der Waals surface area contributed by atoms with Crippen LogP contribution < -0.4 is 0 Å². The van der Waals surface area contributed by atoms with Crippen molar-refractivity contribution in [2.75, 3.05) is 21.2 Å². The zero-order valence-electron chi connectivity index (χ0n) is 23.6. The summed E-state index contributed by atoms with van der Waals surface area (Å²) in [6, 6.07) is 0.616. The number of nitrogens with zero attached hydrogens (tertiary/aromatic N) is 1. The van der Waals surface area contributed by atoms with Crippen LogP contribution in [0.4, 0.5) is 0 Å². The van der Waals surface area contributed by atoms with Gasteiger partial charge >= 0.3 is 5.97 Å². The molecule has 4 saturated carbocycles. The van der Waals surface area contributed by atoms with Crippen molar-refractivity contribution >= 4 is 11.8 Å². The lowest BCUT2D eigenvalue weighted by atomic mass is 9.34. The van der Waals surface area contributed by atoms with E-state index in [2.05, 4.69) is 59.7 Å². The molecule has 0 amide bonds. The van der Waals surface area contributed by atoms with Crippen LogP contribution in [0.3, 0.4) is 0 Å². The maximum Gasteiger partial charge on any atom is 0.308 e. The summed E-state index contributed by atoms with van der Waals surface area (Å²) in [7, 11) is 5.97. The van der Waals surface area contributed by atoms with Gasteiger partial charge in [0.05, 0.1) is 13.0 Å². The third kappa shape index (κ3) is 3.33. The van der Waals surface area contributed by atoms with Crippen LogP contribution in [0, 0.1) is 51.2 Å². The van der Waals surface area contributed by atoms with Crippen molar-refractivity contribution in [2.45, 2.75) is 98.4 Å². The molecule has 0 spiro atoms. The fourth-order valence-electron chi connectivity index (χ4n) is 10.7. The van der Waals surface area contributed by atoms with Gasteiger partial charge < -0.3 is 9.64 Å². The summed E-state index contributed by atoms with van der Waals surface area (Å²) >= 11 is 0. The Kier molecular flexibility index (Phi) is 5.95. The SMILES string of the molecule is COC(=O)[C@H]1CC[C@]2(C)CC[C@]3(C)C(=CC(=O)C4C5(C)CCC(N(C)C)[C@H](C)C5CC[C@]43C)C2C1. The Balaban J connectivity index is 1.56. The van der Waals surface area contributed by atoms with Gasteiger partial charge in [-0.1, -0.05) is 40.2 Å². The van der Waals surface area contributed by atoms with Crippen LogP contribution in [0.2, 0.25) is 0 Å². The Labute approximate surface area is 213 Å². The number of carbonyl (C=O) groups excluding carboxylic acids is 2. The van der Waals surface area contributed by atoms with E-state index in [4.69, 9.17) is 4.74 Å². The standard InChI is InChI=1S/C31H49NO3/c1-19-21-10-14-31(5)26(29(21,3)13-11-24(19)32(6)7)25(33)18-23-22-17-20(27(34)35-8)9-12-28(22,2)15-16-30(23,31)4/h18-22,24,26H,9-17H2,1-8H3/t19-,20+,21?,22?,24?,26?,28-,29?,30-,31-/m1/s1. The number of esters is 1. The molecule has 196 valence electrons. The molecule has 0 N–H and O–H groups in total. The number of ketones is 1. The fourth-order valence-corrected chi connectivity index (χ4v) is 10.7. The molecule has 0 aromatic rings. The van der Waals surface area contributed by atoms with Gasteiger partial charge in [0, 0.05) is 12.0 Å². The molecule has 4 nitrogen and oxygen atoms in total. The second kappa shape index (κ2) is 8.17. The molecule has 10 atom stereocenters. The maximum absolute atomic E-state index is 14.3. The molecule has 0 aliphatic heterocycles. The molecule has 0 radical (unpaired) electrons. The van der Waals surface area contributed by atoms with Crippen molar-refractivity contribution in [3.05, 3.63) is 11.6 Å². The van der Waals surface area contributed by atoms with E-state index >= 15 is 0 Å². The Bertz CT molecular complexity index is 940. The topological polar surface area (TPSA) is 46.6 Å². The highest BCUT2D eigenvalue weighted by Gasteiger charge is 2.68. The van der Waals surface area contributed by atoms with Crippen LogP contribution in [-0.2, 0) is 14.3 Å². The molecule has 5 unspecified atom stereocenters. The number of methoxy groups -OCH3 is 1. The van der Waals surface area contributed by atoms with E-state index in [1.54, 1.807) is 0 Å². The highest BCUT2D eigenvalue weighted by Crippen LogP contribution is 2.73. The molecule has 4 fully saturated rings. The minimum absolute atomic E-state index is 0.0103. The second-order valence-corrected chi connectivity index (χ2v) is 14.5. The summed E-state index contributed by atoms with van der Waals surface area (Å²) in [6.07, 6.45) is 12.1. The number of carbonyl (C=O) groups is 2. The van der Waals surface area contributed by atoms with Crippen molar-refractivity contribution in [3.8, 4) is 0 Å². The van der Waals surface area contributed by atoms with Crippen molar-refractivity contribution < 1.29 is 14.3 Å². The van der Waals surface area contributed by atoms with E-state index < -0.39 is 0 Å². The van der Waals surface area contributed by atoms with Gasteiger partial charge in [-0.3, -0.25) is 9.59 Å². The first-order valence-corrected chi connectivity index (χ1v) is 14.3. The maximum atomic E-state index is 14.3. The minimum Gasteiger partial charge on any atom is -0.469 e. The molecule has 4 heteroatoms. The van der Waals surface area contributed by atoms with E-state index in [1.807, 2.05) is 0 Å². The average Bonchev–Trinajstić information content (AvgIpc) is 2.79. The summed E-state index contributed by atoms with van der Waals surface area (Å²) in [5.41, 5.74) is 1.68. The van der Waals surface area contributed by atoms with Gasteiger partial charge in [-0.05, 0) is 117 Å². The number of ether oxygens (including phenoxy) is 1. The third-order valence-corrected chi connectivity index (χ3v) is 13.0. The Morgan fingerprint density at radius 1 is 1.00 bits per heavy atom. The summed E-state index contributed by atoms with van der Waals surface area (Å²) < 4.78 is 5.17. The lowest BCUT2D eigenvalue weighted by Crippen LogP contribution is -2.65. The summed E-state index contributed by atoms with van der Waals surface area (Å²) in [4.78, 5) is 29.2. The first-order chi connectivity index (χ1) is 16.3. The molecule has 0 aromatic carbocycles. The number of rotatable bonds is 2. The molecule has 35 heavy (non-hydrogen) atoms. The average molecular weight is 484 g/mol. The molecule has 5 aliphatic rings. The molecule has 5 rings (SSSR count). The molecular weight excluding hydrogens is 434 g/mol. The van der Waals surface area contributed by atoms with Gasteiger partial charge in [0.25, 0.3) is 0 Å². The lowest BCUT2D eigenvalue weighted by molar-refractivity contribution is -0.179. The van der Waals surface area contributed by atoms with Crippen molar-refractivity contribution in [3.63, 3.8) is 0 Å². The van der Waals surface area contributed by atoms with Crippen LogP contribution >= 0.6 is 0 Å². The zero-order chi connectivity index (χ0) is 25.6. The van der Waals surface area contributed by atoms with Crippen LogP contribution in [0.1, 0.15) is 92.4 Å². The van der Waals surface area contributed by atoms with Crippen LogP contribution in [-0.4, -0.2) is 43.9 Å². The van der Waals surface area contributed by atoms with E-state index in [0.29, 0.717) is 29.6 Å². The van der Waals surface area contributed by atoms with E-state index in [0.717, 1.165) is 32.1 Å². The van der Waals surface area contributed by atoms with Crippen LogP contribution in [0.15, 0.2) is 11.6 Å². The Morgan fingerprint density at radius 3 is 2.37 bits per heavy atom. The second-order valence-electron chi connectivity index (χ2n) is 14.5. The predicted octanol–water partition coefficient (Wildman–Crippen LogP) is 6.29. The van der Waals surface area contributed by atoms with E-state index in [9.17, 15) is 9.59 Å². The normalized spacial score (nSPS) is 51.5. The van der Waals surface area contributed by atoms with Crippen LogP contribution in [0.25, 0.3) is 0 Å². The van der Waals surface area contributed by atoms with E-state index in [-0.39, 0.29) is 39.5 Å². The van der Waals surface area contributed by atoms with Crippen LogP contribution in [0.5, 0.6) is 0 Å². The quantitative estimate of drug-likeness (QED) is 0.433. The smallest absolute Gasteiger partial charge is 0.308 e. The van der Waals surface area contributed by atoms with Crippen molar-refractivity contribution in [1.82, 2.24) is 4.90 Å². The Hall–Kier alpha value is -1.16. The molecule has 0 aromatic heterocycles. The van der Waals surface area contributed by atoms with Gasteiger partial charge in [-0.2, -0.15) is 0 Å². The lowest BCUT2D eigenvalue weighted by Gasteiger charge is -2.69. The molecule has 5 aliphatic carbocycles. The Morgan fingerprint density at radius 2 is 1.71 bits per heavy atom. The summed E-state index contributed by atoms with van der Waals surface area (Å²) in [5.74, 6) is 1.95. The van der Waals surface area contributed by atoms with Gasteiger partial charge in [0.2, 0.25) is 0 Å². The van der Waals surface area contributed by atoms with E-state index in [1.165, 1.54) is 38.4 Å². The first kappa shape index (κ1) is 25.5. The van der Waals surface area contributed by atoms with Gasteiger partial charge in [-0.25, -0.2) is 0 Å². The molecular formula is C31H49NO3. The number of allylic oxidation sites excluding steroid dienone is 2. The number of hydrogen-bond acceptors (Lipinski definition) is 4. The summed E-state index contributed by atoms with van der Waals surface area (Å²) in [6.45, 7) is 12.3. The summed E-state index contributed by atoms with van der Waals surface area (Å²) in [5, 5.41) is 0. The molecule has 0 saturated heterocycles. The highest BCUT2D eigenvalue weighted by molar-refractivity contribution is 5.95. The largest absolute Gasteiger partial charge is 0.469 e. The monoisotopic (exact) mass is 483 g/mol. The highest BCUT2D eigenvalue weighted by atomic mass is 16.5.